The van der Waals surface area contributed by atoms with E-state index in [0.717, 1.165) is 12.8 Å². The molecule has 0 aromatic carbocycles. The van der Waals surface area contributed by atoms with Gasteiger partial charge in [-0.3, -0.25) is 9.59 Å². The number of methoxy groups -OCH3 is 1. The second-order valence-corrected chi connectivity index (χ2v) is 7.04. The summed E-state index contributed by atoms with van der Waals surface area (Å²) in [5.74, 6) is 0.0792. The van der Waals surface area contributed by atoms with Gasteiger partial charge in [-0.15, -0.1) is 0 Å². The second-order valence-electron chi connectivity index (χ2n) is 7.04. The zero-order chi connectivity index (χ0) is 15.8. The van der Waals surface area contributed by atoms with Crippen molar-refractivity contribution in [3.63, 3.8) is 0 Å². The van der Waals surface area contributed by atoms with Gasteiger partial charge in [-0.1, -0.05) is 20.8 Å². The molecule has 5 nitrogen and oxygen atoms in total. The fourth-order valence-electron chi connectivity index (χ4n) is 3.54. The topological polar surface area (TPSA) is 58.6 Å². The normalized spacial score (nSPS) is 32.7. The number of hydrogen-bond acceptors (Lipinski definition) is 3. The highest BCUT2D eigenvalue weighted by atomic mass is 16.5. The van der Waals surface area contributed by atoms with Crippen LogP contribution in [-0.2, 0) is 14.3 Å². The minimum absolute atomic E-state index is 0.0241. The van der Waals surface area contributed by atoms with Crippen molar-refractivity contribution < 1.29 is 14.3 Å². The molecule has 0 aromatic rings. The van der Waals surface area contributed by atoms with Crippen LogP contribution in [0.25, 0.3) is 0 Å². The summed E-state index contributed by atoms with van der Waals surface area (Å²) in [6, 6.07) is -0.230. The molecule has 21 heavy (non-hydrogen) atoms. The lowest BCUT2D eigenvalue weighted by Crippen LogP contribution is -2.69. The summed E-state index contributed by atoms with van der Waals surface area (Å²) in [7, 11) is 1.72. The molecule has 1 aliphatic carbocycles. The van der Waals surface area contributed by atoms with Crippen molar-refractivity contribution in [2.75, 3.05) is 13.7 Å². The Kier molecular flexibility index (Phi) is 4.34. The number of hydrogen-bond donors (Lipinski definition) is 1. The fraction of sp³-hybridized carbons (Fsp3) is 0.875. The number of carbonyl (C=O) groups is 2. The predicted molar refractivity (Wildman–Crippen MR) is 80.8 cm³/mol. The molecule has 1 saturated carbocycles. The fourth-order valence-corrected chi connectivity index (χ4v) is 3.54. The van der Waals surface area contributed by atoms with Gasteiger partial charge in [0.1, 0.15) is 6.04 Å². The van der Waals surface area contributed by atoms with Gasteiger partial charge in [0.05, 0.1) is 5.60 Å². The quantitative estimate of drug-likeness (QED) is 0.840. The van der Waals surface area contributed by atoms with E-state index in [4.69, 9.17) is 4.74 Å². The zero-order valence-corrected chi connectivity index (χ0v) is 13.9. The van der Waals surface area contributed by atoms with Crippen LogP contribution in [-0.4, -0.2) is 48.1 Å². The minimum Gasteiger partial charge on any atom is -0.378 e. The Morgan fingerprint density at radius 1 is 1.48 bits per heavy atom. The average molecular weight is 296 g/mol. The maximum absolute atomic E-state index is 12.6. The molecule has 0 spiro atoms. The minimum atomic E-state index is -0.329. The number of nitrogens with one attached hydrogen (secondary N) is 1. The van der Waals surface area contributed by atoms with Crippen molar-refractivity contribution in [3.05, 3.63) is 0 Å². The van der Waals surface area contributed by atoms with Crippen molar-refractivity contribution >= 4 is 11.8 Å². The number of nitrogens with zero attached hydrogens (tertiary/aromatic N) is 1. The number of ether oxygens (including phenoxy) is 1. The van der Waals surface area contributed by atoms with Crippen molar-refractivity contribution in [1.82, 2.24) is 10.2 Å². The first-order valence-corrected chi connectivity index (χ1v) is 7.92. The van der Waals surface area contributed by atoms with Gasteiger partial charge in [-0.2, -0.15) is 0 Å². The Hall–Kier alpha value is -1.10. The molecule has 1 N–H and O–H groups in total. The molecule has 1 aliphatic heterocycles. The smallest absolute Gasteiger partial charge is 0.243 e. The van der Waals surface area contributed by atoms with Crippen LogP contribution in [0.15, 0.2) is 0 Å². The van der Waals surface area contributed by atoms with Crippen molar-refractivity contribution in [3.8, 4) is 0 Å². The molecule has 3 atom stereocenters. The van der Waals surface area contributed by atoms with Crippen LogP contribution >= 0.6 is 0 Å². The highest BCUT2D eigenvalue weighted by Gasteiger charge is 2.58. The first-order chi connectivity index (χ1) is 9.76. The number of amides is 2. The highest BCUT2D eigenvalue weighted by molar-refractivity contribution is 5.88. The Bertz CT molecular complexity index is 435. The Morgan fingerprint density at radius 2 is 2.14 bits per heavy atom. The molecular formula is C16H28N2O3. The van der Waals surface area contributed by atoms with E-state index in [1.165, 1.54) is 0 Å². The lowest BCUT2D eigenvalue weighted by atomic mass is 9.56. The van der Waals surface area contributed by atoms with Gasteiger partial charge in [0.2, 0.25) is 11.8 Å². The molecule has 0 unspecified atom stereocenters. The molecule has 5 heteroatoms. The van der Waals surface area contributed by atoms with Crippen LogP contribution < -0.4 is 5.32 Å². The van der Waals surface area contributed by atoms with E-state index >= 15 is 0 Å². The summed E-state index contributed by atoms with van der Waals surface area (Å²) in [5, 5.41) is 3.13. The van der Waals surface area contributed by atoms with Crippen molar-refractivity contribution in [2.45, 2.75) is 71.1 Å². The molecule has 0 bridgehead atoms. The van der Waals surface area contributed by atoms with Gasteiger partial charge in [-0.05, 0) is 26.2 Å². The number of carbonyl (C=O) groups excluding carboxylic acids is 2. The monoisotopic (exact) mass is 296 g/mol. The van der Waals surface area contributed by atoms with E-state index in [1.54, 1.807) is 12.0 Å². The SMILES string of the molecule is CC[C@H](C(=O)N[C@H]1C[C@@](C)(OC)C1(C)C)N1CCCC1=O. The van der Waals surface area contributed by atoms with Gasteiger partial charge in [0.25, 0.3) is 0 Å². The summed E-state index contributed by atoms with van der Waals surface area (Å²) in [6.45, 7) is 8.98. The maximum Gasteiger partial charge on any atom is 0.243 e. The van der Waals surface area contributed by atoms with Gasteiger partial charge in [-0.25, -0.2) is 0 Å². The zero-order valence-electron chi connectivity index (χ0n) is 13.9. The molecule has 2 amide bonds. The second kappa shape index (κ2) is 5.59. The predicted octanol–water partition coefficient (Wildman–Crippen LogP) is 1.71. The van der Waals surface area contributed by atoms with Crippen molar-refractivity contribution in [2.24, 2.45) is 5.41 Å². The van der Waals surface area contributed by atoms with E-state index in [9.17, 15) is 9.59 Å². The summed E-state index contributed by atoms with van der Waals surface area (Å²) in [4.78, 5) is 26.1. The van der Waals surface area contributed by atoms with Crippen LogP contribution in [0.1, 0.15) is 53.4 Å². The third kappa shape index (κ3) is 2.56. The Morgan fingerprint density at radius 3 is 2.57 bits per heavy atom. The van der Waals surface area contributed by atoms with E-state index < -0.39 is 0 Å². The number of likely N-dealkylation sites (tertiary alicyclic amines) is 1. The van der Waals surface area contributed by atoms with E-state index in [0.29, 0.717) is 19.4 Å². The average Bonchev–Trinajstić information content (AvgIpc) is 2.85. The standard InChI is InChI=1S/C16H28N2O3/c1-6-11(18-9-7-8-13(18)19)14(20)17-12-10-16(4,21-5)15(12,2)3/h11-12H,6-10H2,1-5H3,(H,17,20)/t11-,12+,16-/m1/s1. The summed E-state index contributed by atoms with van der Waals surface area (Å²) < 4.78 is 5.59. The molecule has 1 heterocycles. The third-order valence-corrected chi connectivity index (χ3v) is 5.77. The molecule has 2 aliphatic rings. The third-order valence-electron chi connectivity index (χ3n) is 5.77. The lowest BCUT2D eigenvalue weighted by Gasteiger charge is -2.59. The first kappa shape index (κ1) is 16.3. The Balaban J connectivity index is 2.00. The van der Waals surface area contributed by atoms with Gasteiger partial charge < -0.3 is 15.0 Å². The summed E-state index contributed by atoms with van der Waals surface area (Å²) in [5.41, 5.74) is -0.305. The molecule has 2 rings (SSSR count). The van der Waals surface area contributed by atoms with Crippen LogP contribution in [0.2, 0.25) is 0 Å². The first-order valence-electron chi connectivity index (χ1n) is 7.92. The van der Waals surface area contributed by atoms with Crippen LogP contribution in [0.4, 0.5) is 0 Å². The Labute approximate surface area is 127 Å². The molecule has 0 radical (unpaired) electrons. The van der Waals surface area contributed by atoms with Crippen LogP contribution in [0, 0.1) is 5.41 Å². The molecule has 120 valence electrons. The van der Waals surface area contributed by atoms with Crippen LogP contribution in [0.3, 0.4) is 0 Å². The van der Waals surface area contributed by atoms with Gasteiger partial charge in [0, 0.05) is 31.5 Å². The van der Waals surface area contributed by atoms with E-state index in [-0.39, 0.29) is 34.9 Å². The van der Waals surface area contributed by atoms with Crippen LogP contribution in [0.5, 0.6) is 0 Å². The molecular weight excluding hydrogens is 268 g/mol. The van der Waals surface area contributed by atoms with E-state index in [2.05, 4.69) is 26.1 Å². The van der Waals surface area contributed by atoms with Gasteiger partial charge >= 0.3 is 0 Å². The maximum atomic E-state index is 12.6. The largest absolute Gasteiger partial charge is 0.378 e. The molecule has 0 aromatic heterocycles. The lowest BCUT2D eigenvalue weighted by molar-refractivity contribution is -0.183. The van der Waals surface area contributed by atoms with Gasteiger partial charge in [0.15, 0.2) is 0 Å². The van der Waals surface area contributed by atoms with Crippen molar-refractivity contribution in [1.29, 1.82) is 0 Å². The van der Waals surface area contributed by atoms with E-state index in [1.807, 2.05) is 6.92 Å². The number of rotatable bonds is 5. The molecule has 1 saturated heterocycles. The highest BCUT2D eigenvalue weighted by Crippen LogP contribution is 2.51. The summed E-state index contributed by atoms with van der Waals surface area (Å²) in [6.07, 6.45) is 2.90. The summed E-state index contributed by atoms with van der Waals surface area (Å²) >= 11 is 0. The molecule has 2 fully saturated rings.